The van der Waals surface area contributed by atoms with E-state index in [-0.39, 0.29) is 29.4 Å². The van der Waals surface area contributed by atoms with Gasteiger partial charge >= 0.3 is 13.2 Å². The highest BCUT2D eigenvalue weighted by Gasteiger charge is 2.51. The summed E-state index contributed by atoms with van der Waals surface area (Å²) >= 11 is 0. The summed E-state index contributed by atoms with van der Waals surface area (Å²) < 4.78 is 24.2. The Morgan fingerprint density at radius 3 is 2.16 bits per heavy atom. The minimum Gasteiger partial charge on any atom is -0.444 e. The van der Waals surface area contributed by atoms with Gasteiger partial charge in [0.1, 0.15) is 5.60 Å². The molecule has 0 bridgehead atoms. The molecule has 170 valence electrons. The van der Waals surface area contributed by atoms with Gasteiger partial charge in [-0.25, -0.2) is 4.79 Å². The molecule has 6 nitrogen and oxygen atoms in total. The number of hydrogen-bond donors (Lipinski definition) is 0. The third kappa shape index (κ3) is 4.79. The number of rotatable bonds is 3. The number of benzene rings is 1. The number of morpholine rings is 1. The molecule has 1 saturated carbocycles. The van der Waals surface area contributed by atoms with E-state index >= 15 is 0 Å². The van der Waals surface area contributed by atoms with E-state index in [0.717, 1.165) is 11.0 Å². The van der Waals surface area contributed by atoms with Crippen molar-refractivity contribution in [3.63, 3.8) is 0 Å². The van der Waals surface area contributed by atoms with Gasteiger partial charge in [0.2, 0.25) is 0 Å². The predicted octanol–water partition coefficient (Wildman–Crippen LogP) is 4.07. The third-order valence-electron chi connectivity index (χ3n) is 6.84. The van der Waals surface area contributed by atoms with Gasteiger partial charge in [0.25, 0.3) is 0 Å². The van der Waals surface area contributed by atoms with Gasteiger partial charge in [-0.05, 0) is 78.3 Å². The first kappa shape index (κ1) is 22.6. The van der Waals surface area contributed by atoms with Crippen LogP contribution in [0, 0.1) is 5.92 Å². The Kier molecular flexibility index (Phi) is 5.68. The van der Waals surface area contributed by atoms with E-state index in [2.05, 4.69) is 27.7 Å². The monoisotopic (exact) mass is 429 g/mol. The van der Waals surface area contributed by atoms with Crippen molar-refractivity contribution >= 4 is 18.7 Å². The molecule has 1 aliphatic carbocycles. The Morgan fingerprint density at radius 1 is 1.06 bits per heavy atom. The van der Waals surface area contributed by atoms with Crippen LogP contribution in [0.2, 0.25) is 0 Å². The highest BCUT2D eigenvalue weighted by atomic mass is 16.7. The Morgan fingerprint density at radius 2 is 1.65 bits per heavy atom. The molecule has 1 amide bonds. The fraction of sp³-hybridized carbons (Fsp3) is 0.708. The second-order valence-electron chi connectivity index (χ2n) is 11.1. The van der Waals surface area contributed by atoms with Crippen LogP contribution in [0.4, 0.5) is 4.79 Å². The van der Waals surface area contributed by atoms with Gasteiger partial charge in [-0.15, -0.1) is 0 Å². The zero-order valence-electron chi connectivity index (χ0n) is 19.9. The summed E-state index contributed by atoms with van der Waals surface area (Å²) in [4.78, 5) is 14.9. The molecule has 4 rings (SSSR count). The number of ether oxygens (including phenoxy) is 2. The summed E-state index contributed by atoms with van der Waals surface area (Å²) in [5, 5.41) is 0. The number of carbonyl (C=O) groups is 1. The molecule has 3 fully saturated rings. The quantitative estimate of drug-likeness (QED) is 0.678. The molecule has 7 heteroatoms. The Labute approximate surface area is 186 Å². The van der Waals surface area contributed by atoms with Gasteiger partial charge in [-0.3, -0.25) is 4.90 Å². The Hall–Kier alpha value is -1.57. The molecular weight excluding hydrogens is 393 g/mol. The molecule has 0 unspecified atom stereocenters. The van der Waals surface area contributed by atoms with Crippen LogP contribution in [0.5, 0.6) is 0 Å². The number of hydrogen-bond acceptors (Lipinski definition) is 5. The van der Waals surface area contributed by atoms with Crippen LogP contribution in [-0.4, -0.2) is 54.2 Å². The van der Waals surface area contributed by atoms with Crippen molar-refractivity contribution < 1.29 is 23.6 Å². The van der Waals surface area contributed by atoms with Crippen LogP contribution in [-0.2, 0) is 18.8 Å². The maximum absolute atomic E-state index is 13.0. The highest BCUT2D eigenvalue weighted by Crippen LogP contribution is 2.39. The summed E-state index contributed by atoms with van der Waals surface area (Å²) in [5.74, 6) is 0.566. The maximum atomic E-state index is 13.0. The van der Waals surface area contributed by atoms with Crippen molar-refractivity contribution in [3.8, 4) is 0 Å². The molecule has 1 aromatic carbocycles. The molecule has 0 spiro atoms. The molecule has 31 heavy (non-hydrogen) atoms. The standard InChI is InChI=1S/C24H36BNO5/c1-22(2,3)29-21(27)26-14-20(17-8-9-17)28-15-19(26)16-10-12-18(13-11-16)25-30-23(4,5)24(6,7)31-25/h10-13,17,19-20H,8-9,14-15H2,1-7H3/t19-,20+/m1/s1. The number of amides is 1. The Bertz CT molecular complexity index is 796. The second-order valence-corrected chi connectivity index (χ2v) is 11.1. The van der Waals surface area contributed by atoms with Crippen molar-refractivity contribution in [1.29, 1.82) is 0 Å². The maximum Gasteiger partial charge on any atom is 0.494 e. The van der Waals surface area contributed by atoms with Crippen molar-refractivity contribution in [2.45, 2.75) is 90.3 Å². The fourth-order valence-corrected chi connectivity index (χ4v) is 4.08. The van der Waals surface area contributed by atoms with Crippen LogP contribution in [0.1, 0.15) is 72.9 Å². The summed E-state index contributed by atoms with van der Waals surface area (Å²) in [6.45, 7) is 15.0. The van der Waals surface area contributed by atoms with Crippen LogP contribution in [0.15, 0.2) is 24.3 Å². The second kappa shape index (κ2) is 7.78. The highest BCUT2D eigenvalue weighted by molar-refractivity contribution is 6.62. The average molecular weight is 429 g/mol. The number of nitrogens with zero attached hydrogens (tertiary/aromatic N) is 1. The van der Waals surface area contributed by atoms with Crippen molar-refractivity contribution in [2.24, 2.45) is 5.92 Å². The van der Waals surface area contributed by atoms with Crippen molar-refractivity contribution in [2.75, 3.05) is 13.2 Å². The van der Waals surface area contributed by atoms with E-state index < -0.39 is 12.7 Å². The van der Waals surface area contributed by atoms with Crippen LogP contribution >= 0.6 is 0 Å². The Balaban J connectivity index is 1.52. The van der Waals surface area contributed by atoms with Gasteiger partial charge < -0.3 is 18.8 Å². The molecule has 3 aliphatic rings. The number of carbonyl (C=O) groups excluding carboxylic acids is 1. The first-order chi connectivity index (χ1) is 14.4. The predicted molar refractivity (Wildman–Crippen MR) is 120 cm³/mol. The lowest BCUT2D eigenvalue weighted by molar-refractivity contribution is -0.0779. The molecular formula is C24H36BNO5. The summed E-state index contributed by atoms with van der Waals surface area (Å²) in [6, 6.07) is 7.97. The van der Waals surface area contributed by atoms with Gasteiger partial charge in [0.15, 0.2) is 0 Å². The summed E-state index contributed by atoms with van der Waals surface area (Å²) in [7, 11) is -0.400. The fourth-order valence-electron chi connectivity index (χ4n) is 4.08. The topological polar surface area (TPSA) is 57.2 Å². The zero-order valence-corrected chi connectivity index (χ0v) is 19.9. The molecule has 1 aromatic rings. The lowest BCUT2D eigenvalue weighted by Crippen LogP contribution is -2.50. The lowest BCUT2D eigenvalue weighted by Gasteiger charge is -2.40. The molecule has 0 aromatic heterocycles. The van der Waals surface area contributed by atoms with Gasteiger partial charge in [0, 0.05) is 0 Å². The third-order valence-corrected chi connectivity index (χ3v) is 6.84. The van der Waals surface area contributed by atoms with Crippen LogP contribution in [0.25, 0.3) is 0 Å². The van der Waals surface area contributed by atoms with E-state index in [9.17, 15) is 4.79 Å². The van der Waals surface area contributed by atoms with E-state index in [1.807, 2.05) is 49.9 Å². The minimum absolute atomic E-state index is 0.104. The van der Waals surface area contributed by atoms with Crippen molar-refractivity contribution in [1.82, 2.24) is 4.90 Å². The van der Waals surface area contributed by atoms with Crippen LogP contribution in [0.3, 0.4) is 0 Å². The normalized spacial score (nSPS) is 28.0. The summed E-state index contributed by atoms with van der Waals surface area (Å²) in [5.41, 5.74) is 0.715. The van der Waals surface area contributed by atoms with E-state index in [4.69, 9.17) is 18.8 Å². The van der Waals surface area contributed by atoms with E-state index in [0.29, 0.717) is 19.1 Å². The molecule has 2 aliphatic heterocycles. The first-order valence-electron chi connectivity index (χ1n) is 11.4. The van der Waals surface area contributed by atoms with Gasteiger partial charge in [0.05, 0.1) is 36.5 Å². The molecule has 2 atom stereocenters. The lowest BCUT2D eigenvalue weighted by atomic mass is 9.78. The largest absolute Gasteiger partial charge is 0.494 e. The molecule has 2 heterocycles. The van der Waals surface area contributed by atoms with Crippen LogP contribution < -0.4 is 5.46 Å². The summed E-state index contributed by atoms with van der Waals surface area (Å²) in [6.07, 6.45) is 2.19. The average Bonchev–Trinajstić information content (AvgIpc) is 3.47. The first-order valence-corrected chi connectivity index (χ1v) is 11.4. The van der Waals surface area contributed by atoms with Gasteiger partial charge in [-0.2, -0.15) is 0 Å². The zero-order chi connectivity index (χ0) is 22.6. The molecule has 0 radical (unpaired) electrons. The van der Waals surface area contributed by atoms with E-state index in [1.165, 1.54) is 12.8 Å². The minimum atomic E-state index is -0.532. The molecule has 0 N–H and O–H groups in total. The van der Waals surface area contributed by atoms with Crippen molar-refractivity contribution in [3.05, 3.63) is 29.8 Å². The van der Waals surface area contributed by atoms with E-state index in [1.54, 1.807) is 0 Å². The van der Waals surface area contributed by atoms with Gasteiger partial charge in [-0.1, -0.05) is 24.3 Å². The smallest absolute Gasteiger partial charge is 0.444 e. The molecule has 2 saturated heterocycles. The SMILES string of the molecule is CC(C)(C)OC(=O)N1C[C@@H](C2CC2)OC[C@@H]1c1ccc(B2OC(C)(C)C(C)(C)O2)cc1.